The normalized spacial score (nSPS) is 10.6. The zero-order valence-electron chi connectivity index (χ0n) is 13.2. The van der Waals surface area contributed by atoms with Gasteiger partial charge in [0.2, 0.25) is 0 Å². The molecule has 0 radical (unpaired) electrons. The quantitative estimate of drug-likeness (QED) is 0.565. The van der Waals surface area contributed by atoms with Gasteiger partial charge in [-0.2, -0.15) is 0 Å². The monoisotopic (exact) mass is 319 g/mol. The number of aliphatic carboxylic acids is 1. The molecule has 0 aliphatic heterocycles. The van der Waals surface area contributed by atoms with E-state index in [-0.39, 0.29) is 12.5 Å². The SMILES string of the molecule is Cc1ccc(C(C)C)c(OCC(=O)NNC(=O)C=CC(=O)[O-])c1. The van der Waals surface area contributed by atoms with Crippen LogP contribution in [0, 0.1) is 6.92 Å². The molecular weight excluding hydrogens is 300 g/mol. The van der Waals surface area contributed by atoms with Crippen LogP contribution in [0.1, 0.15) is 30.9 Å². The third-order valence-corrected chi connectivity index (χ3v) is 2.85. The number of carboxylic acid groups (broad SMARTS) is 1. The summed E-state index contributed by atoms with van der Waals surface area (Å²) >= 11 is 0. The van der Waals surface area contributed by atoms with Crippen LogP contribution in [0.25, 0.3) is 0 Å². The van der Waals surface area contributed by atoms with Gasteiger partial charge in [-0.15, -0.1) is 0 Å². The molecule has 0 aliphatic carbocycles. The molecule has 0 fully saturated rings. The highest BCUT2D eigenvalue weighted by Crippen LogP contribution is 2.27. The topological polar surface area (TPSA) is 108 Å². The number of rotatable bonds is 6. The Bertz CT molecular complexity index is 623. The van der Waals surface area contributed by atoms with Crippen molar-refractivity contribution in [2.45, 2.75) is 26.7 Å². The molecular formula is C16H19N2O5-. The molecule has 124 valence electrons. The fraction of sp³-hybridized carbons (Fsp3) is 0.312. The predicted molar refractivity (Wildman–Crippen MR) is 81.2 cm³/mol. The molecule has 0 saturated heterocycles. The van der Waals surface area contributed by atoms with Crippen LogP contribution in [0.4, 0.5) is 0 Å². The molecule has 0 unspecified atom stereocenters. The fourth-order valence-electron chi connectivity index (χ4n) is 1.74. The molecule has 0 bridgehead atoms. The lowest BCUT2D eigenvalue weighted by atomic mass is 10.0. The number of carbonyl (C=O) groups is 3. The molecule has 0 aromatic heterocycles. The number of hydrazine groups is 1. The maximum Gasteiger partial charge on any atom is 0.276 e. The first-order valence-corrected chi connectivity index (χ1v) is 7.00. The molecule has 7 nitrogen and oxygen atoms in total. The number of benzene rings is 1. The lowest BCUT2D eigenvalue weighted by molar-refractivity contribution is -0.297. The maximum absolute atomic E-state index is 11.6. The Morgan fingerprint density at radius 3 is 2.52 bits per heavy atom. The van der Waals surface area contributed by atoms with Gasteiger partial charge in [-0.3, -0.25) is 20.4 Å². The van der Waals surface area contributed by atoms with E-state index >= 15 is 0 Å². The summed E-state index contributed by atoms with van der Waals surface area (Å²) in [6.07, 6.45) is 1.29. The van der Waals surface area contributed by atoms with Gasteiger partial charge in [0.25, 0.3) is 11.8 Å². The van der Waals surface area contributed by atoms with Gasteiger partial charge in [0.1, 0.15) is 5.75 Å². The first-order chi connectivity index (χ1) is 10.8. The van der Waals surface area contributed by atoms with E-state index in [4.69, 9.17) is 4.74 Å². The van der Waals surface area contributed by atoms with E-state index in [0.717, 1.165) is 17.2 Å². The van der Waals surface area contributed by atoms with Crippen molar-refractivity contribution < 1.29 is 24.2 Å². The number of ether oxygens (including phenoxy) is 1. The minimum absolute atomic E-state index is 0.239. The van der Waals surface area contributed by atoms with Gasteiger partial charge in [-0.05, 0) is 36.1 Å². The summed E-state index contributed by atoms with van der Waals surface area (Å²) < 4.78 is 5.49. The van der Waals surface area contributed by atoms with E-state index in [9.17, 15) is 19.5 Å². The summed E-state index contributed by atoms with van der Waals surface area (Å²) in [7, 11) is 0. The molecule has 1 aromatic carbocycles. The molecule has 1 rings (SSSR count). The van der Waals surface area contributed by atoms with Gasteiger partial charge in [-0.25, -0.2) is 0 Å². The van der Waals surface area contributed by atoms with Crippen molar-refractivity contribution >= 4 is 17.8 Å². The largest absolute Gasteiger partial charge is 0.545 e. The minimum Gasteiger partial charge on any atom is -0.545 e. The molecule has 23 heavy (non-hydrogen) atoms. The van der Waals surface area contributed by atoms with E-state index in [1.165, 1.54) is 0 Å². The highest BCUT2D eigenvalue weighted by molar-refractivity contribution is 5.94. The third-order valence-electron chi connectivity index (χ3n) is 2.85. The van der Waals surface area contributed by atoms with Crippen LogP contribution in [0.3, 0.4) is 0 Å². The molecule has 0 saturated carbocycles. The molecule has 1 aromatic rings. The van der Waals surface area contributed by atoms with Gasteiger partial charge in [0.15, 0.2) is 6.61 Å². The minimum atomic E-state index is -1.50. The smallest absolute Gasteiger partial charge is 0.276 e. The van der Waals surface area contributed by atoms with Gasteiger partial charge in [0, 0.05) is 6.08 Å². The first kappa shape index (κ1) is 18.2. The average molecular weight is 319 g/mol. The number of carboxylic acids is 1. The van der Waals surface area contributed by atoms with Gasteiger partial charge in [0.05, 0.1) is 5.97 Å². The summed E-state index contributed by atoms with van der Waals surface area (Å²) in [5.74, 6) is -2.02. The van der Waals surface area contributed by atoms with E-state index in [0.29, 0.717) is 11.8 Å². The number of carbonyl (C=O) groups excluding carboxylic acids is 3. The third kappa shape index (κ3) is 6.64. The molecule has 0 atom stereocenters. The van der Waals surface area contributed by atoms with Crippen molar-refractivity contribution in [3.63, 3.8) is 0 Å². The number of aryl methyl sites for hydroxylation is 1. The summed E-state index contributed by atoms with van der Waals surface area (Å²) in [4.78, 5) is 32.9. The first-order valence-electron chi connectivity index (χ1n) is 7.00. The lowest BCUT2D eigenvalue weighted by Crippen LogP contribution is -2.43. The summed E-state index contributed by atoms with van der Waals surface area (Å²) in [6.45, 7) is 5.66. The Kier molecular flexibility index (Phi) is 6.79. The molecule has 0 aliphatic rings. The van der Waals surface area contributed by atoms with Gasteiger partial charge < -0.3 is 14.6 Å². The Hall–Kier alpha value is -2.83. The molecule has 2 N–H and O–H groups in total. The Labute approximate surface area is 134 Å². The standard InChI is InChI=1S/C16H20N2O5/c1-10(2)12-5-4-11(3)8-13(12)23-9-15(20)18-17-14(19)6-7-16(21)22/h4-8,10H,9H2,1-3H3,(H,17,19)(H,18,20)(H,21,22)/p-1. The van der Waals surface area contributed by atoms with E-state index in [2.05, 4.69) is 5.43 Å². The number of amides is 2. The maximum atomic E-state index is 11.6. The van der Waals surface area contributed by atoms with Crippen molar-refractivity contribution in [2.24, 2.45) is 0 Å². The van der Waals surface area contributed by atoms with Crippen LogP contribution in [0.5, 0.6) is 5.75 Å². The number of hydrogen-bond acceptors (Lipinski definition) is 5. The van der Waals surface area contributed by atoms with Crippen molar-refractivity contribution in [3.05, 3.63) is 41.5 Å². The molecule has 7 heteroatoms. The van der Waals surface area contributed by atoms with Crippen molar-refractivity contribution in [1.29, 1.82) is 0 Å². The predicted octanol–water partition coefficient (Wildman–Crippen LogP) is -0.0493. The van der Waals surface area contributed by atoms with Crippen molar-refractivity contribution in [2.75, 3.05) is 6.61 Å². The van der Waals surface area contributed by atoms with E-state index in [1.807, 2.05) is 44.4 Å². The second-order valence-electron chi connectivity index (χ2n) is 5.17. The Balaban J connectivity index is 2.52. The molecule has 0 spiro atoms. The summed E-state index contributed by atoms with van der Waals surface area (Å²) in [5.41, 5.74) is 6.12. The van der Waals surface area contributed by atoms with E-state index < -0.39 is 17.8 Å². The van der Waals surface area contributed by atoms with Crippen molar-refractivity contribution in [1.82, 2.24) is 10.9 Å². The van der Waals surface area contributed by atoms with Crippen LogP contribution in [0.15, 0.2) is 30.4 Å². The number of nitrogens with one attached hydrogen (secondary N) is 2. The molecule has 0 heterocycles. The van der Waals surface area contributed by atoms with Gasteiger partial charge in [-0.1, -0.05) is 26.0 Å². The van der Waals surface area contributed by atoms with Crippen LogP contribution in [-0.2, 0) is 14.4 Å². The zero-order chi connectivity index (χ0) is 17.4. The molecule has 2 amide bonds. The van der Waals surface area contributed by atoms with Crippen LogP contribution in [-0.4, -0.2) is 24.4 Å². The van der Waals surface area contributed by atoms with Crippen LogP contribution < -0.4 is 20.7 Å². The second-order valence-corrected chi connectivity index (χ2v) is 5.17. The van der Waals surface area contributed by atoms with Crippen LogP contribution in [0.2, 0.25) is 0 Å². The Morgan fingerprint density at radius 1 is 1.22 bits per heavy atom. The van der Waals surface area contributed by atoms with Crippen LogP contribution >= 0.6 is 0 Å². The zero-order valence-corrected chi connectivity index (χ0v) is 13.2. The second kappa shape index (κ2) is 8.57. The fourth-order valence-corrected chi connectivity index (χ4v) is 1.74. The average Bonchev–Trinajstić information content (AvgIpc) is 2.48. The Morgan fingerprint density at radius 2 is 1.91 bits per heavy atom. The van der Waals surface area contributed by atoms with E-state index in [1.54, 1.807) is 0 Å². The summed E-state index contributed by atoms with van der Waals surface area (Å²) in [5, 5.41) is 10.1. The summed E-state index contributed by atoms with van der Waals surface area (Å²) in [6, 6.07) is 5.75. The highest BCUT2D eigenvalue weighted by atomic mass is 16.5. The van der Waals surface area contributed by atoms with Gasteiger partial charge >= 0.3 is 0 Å². The lowest BCUT2D eigenvalue weighted by Gasteiger charge is -2.14. The number of hydrogen-bond donors (Lipinski definition) is 2. The van der Waals surface area contributed by atoms with Crippen molar-refractivity contribution in [3.8, 4) is 5.75 Å². The highest BCUT2D eigenvalue weighted by Gasteiger charge is 2.10.